The molecule has 1 aliphatic rings. The van der Waals surface area contributed by atoms with Gasteiger partial charge in [-0.3, -0.25) is 9.59 Å². The normalized spacial score (nSPS) is 14.5. The first-order valence-corrected chi connectivity index (χ1v) is 9.46. The molecule has 1 heterocycles. The number of benzene rings is 2. The van der Waals surface area contributed by atoms with E-state index in [0.717, 1.165) is 0 Å². The second-order valence-corrected chi connectivity index (χ2v) is 7.08. The molecule has 1 fully saturated rings. The minimum absolute atomic E-state index is 0.0343. The quantitative estimate of drug-likeness (QED) is 0.832. The molecule has 6 nitrogen and oxygen atoms in total. The van der Waals surface area contributed by atoms with Gasteiger partial charge in [0.05, 0.1) is 14.2 Å². The van der Waals surface area contributed by atoms with Gasteiger partial charge in [-0.25, -0.2) is 0 Å². The van der Waals surface area contributed by atoms with Gasteiger partial charge in [0.25, 0.3) is 11.8 Å². The molecule has 2 aromatic carbocycles. The van der Waals surface area contributed by atoms with Crippen molar-refractivity contribution >= 4 is 23.4 Å². The lowest BCUT2D eigenvalue weighted by atomic mass is 10.0. The molecule has 0 unspecified atom stereocenters. The van der Waals surface area contributed by atoms with Crippen LogP contribution in [0.4, 0.5) is 0 Å². The molecule has 1 saturated heterocycles. The largest absolute Gasteiger partial charge is 0.497 e. The topological polar surface area (TPSA) is 67.9 Å². The van der Waals surface area contributed by atoms with E-state index in [1.807, 2.05) is 0 Å². The smallest absolute Gasteiger partial charge is 0.254 e. The molecule has 0 radical (unpaired) electrons. The van der Waals surface area contributed by atoms with Crippen molar-refractivity contribution in [2.75, 3.05) is 27.3 Å². The minimum Gasteiger partial charge on any atom is -0.497 e. The van der Waals surface area contributed by atoms with Crippen molar-refractivity contribution in [3.63, 3.8) is 0 Å². The second kappa shape index (κ2) is 8.97. The van der Waals surface area contributed by atoms with Crippen LogP contribution >= 0.6 is 11.6 Å². The zero-order valence-corrected chi connectivity index (χ0v) is 16.7. The SMILES string of the molecule is COc1cc(OC)cc(C(=O)N2CCC(NC(=O)c3ccc(Cl)cc3)CC2)c1. The van der Waals surface area contributed by atoms with Crippen LogP contribution in [0.1, 0.15) is 33.6 Å². The summed E-state index contributed by atoms with van der Waals surface area (Å²) in [6, 6.07) is 12.0. The van der Waals surface area contributed by atoms with E-state index in [4.69, 9.17) is 21.1 Å². The molecule has 0 aliphatic carbocycles. The van der Waals surface area contributed by atoms with Gasteiger partial charge in [-0.05, 0) is 49.2 Å². The highest BCUT2D eigenvalue weighted by Crippen LogP contribution is 2.24. The summed E-state index contributed by atoms with van der Waals surface area (Å²) < 4.78 is 10.5. The lowest BCUT2D eigenvalue weighted by Crippen LogP contribution is -2.46. The lowest BCUT2D eigenvalue weighted by molar-refractivity contribution is 0.0697. The number of nitrogens with one attached hydrogen (secondary N) is 1. The number of piperidine rings is 1. The molecule has 0 aromatic heterocycles. The fraction of sp³-hybridized carbons (Fsp3) is 0.333. The molecular weight excluding hydrogens is 380 g/mol. The van der Waals surface area contributed by atoms with Gasteiger partial charge in [-0.15, -0.1) is 0 Å². The summed E-state index contributed by atoms with van der Waals surface area (Å²) in [6.45, 7) is 1.15. The highest BCUT2D eigenvalue weighted by molar-refractivity contribution is 6.30. The van der Waals surface area contributed by atoms with Crippen molar-refractivity contribution in [2.24, 2.45) is 0 Å². The molecule has 0 bridgehead atoms. The van der Waals surface area contributed by atoms with Crippen LogP contribution in [-0.2, 0) is 0 Å². The van der Waals surface area contributed by atoms with Crippen LogP contribution in [0.25, 0.3) is 0 Å². The number of amides is 2. The van der Waals surface area contributed by atoms with E-state index < -0.39 is 0 Å². The Balaban J connectivity index is 1.58. The van der Waals surface area contributed by atoms with Crippen LogP contribution in [0.5, 0.6) is 11.5 Å². The van der Waals surface area contributed by atoms with Gasteiger partial charge < -0.3 is 19.7 Å². The van der Waals surface area contributed by atoms with Gasteiger partial charge >= 0.3 is 0 Å². The number of halogens is 1. The van der Waals surface area contributed by atoms with E-state index >= 15 is 0 Å². The van der Waals surface area contributed by atoms with E-state index in [1.54, 1.807) is 61.6 Å². The van der Waals surface area contributed by atoms with Gasteiger partial charge in [0.1, 0.15) is 11.5 Å². The fourth-order valence-electron chi connectivity index (χ4n) is 3.21. The number of carbonyl (C=O) groups is 2. The van der Waals surface area contributed by atoms with Crippen LogP contribution in [0.15, 0.2) is 42.5 Å². The van der Waals surface area contributed by atoms with Gasteiger partial charge in [0.2, 0.25) is 0 Å². The highest BCUT2D eigenvalue weighted by Gasteiger charge is 2.25. The average Bonchev–Trinajstić information content (AvgIpc) is 2.73. The average molecular weight is 403 g/mol. The van der Waals surface area contributed by atoms with Crippen molar-refractivity contribution in [1.29, 1.82) is 0 Å². The third kappa shape index (κ3) is 4.75. The monoisotopic (exact) mass is 402 g/mol. The third-order valence-corrected chi connectivity index (χ3v) is 5.07. The molecule has 0 spiro atoms. The Labute approximate surface area is 169 Å². The summed E-state index contributed by atoms with van der Waals surface area (Å²) in [5.74, 6) is 0.958. The van der Waals surface area contributed by atoms with Crippen LogP contribution in [0.2, 0.25) is 5.02 Å². The molecule has 2 aromatic rings. The van der Waals surface area contributed by atoms with Crippen molar-refractivity contribution in [1.82, 2.24) is 10.2 Å². The standard InChI is InChI=1S/C21H23ClN2O4/c1-27-18-11-15(12-19(13-18)28-2)21(26)24-9-7-17(8-10-24)23-20(25)14-3-5-16(22)6-4-14/h3-6,11-13,17H,7-10H2,1-2H3,(H,23,25). The van der Waals surface area contributed by atoms with Crippen molar-refractivity contribution in [3.8, 4) is 11.5 Å². The number of carbonyl (C=O) groups excluding carboxylic acids is 2. The van der Waals surface area contributed by atoms with Crippen molar-refractivity contribution in [3.05, 3.63) is 58.6 Å². The summed E-state index contributed by atoms with van der Waals surface area (Å²) in [6.07, 6.45) is 1.40. The molecule has 1 N–H and O–H groups in total. The Kier molecular flexibility index (Phi) is 6.41. The van der Waals surface area contributed by atoms with E-state index in [-0.39, 0.29) is 17.9 Å². The summed E-state index contributed by atoms with van der Waals surface area (Å²) in [5, 5.41) is 3.63. The molecule has 148 valence electrons. The molecule has 1 aliphatic heterocycles. The molecule has 3 rings (SSSR count). The Bertz CT molecular complexity index is 824. The number of hydrogen-bond donors (Lipinski definition) is 1. The highest BCUT2D eigenvalue weighted by atomic mass is 35.5. The Hall–Kier alpha value is -2.73. The van der Waals surface area contributed by atoms with Gasteiger partial charge in [-0.1, -0.05) is 11.6 Å². The number of methoxy groups -OCH3 is 2. The summed E-state index contributed by atoms with van der Waals surface area (Å²) >= 11 is 5.86. The Morgan fingerprint density at radius 3 is 2.07 bits per heavy atom. The molecule has 2 amide bonds. The van der Waals surface area contributed by atoms with E-state index in [1.165, 1.54) is 0 Å². The van der Waals surface area contributed by atoms with Gasteiger partial charge in [0, 0.05) is 41.3 Å². The second-order valence-electron chi connectivity index (χ2n) is 6.65. The maximum absolute atomic E-state index is 12.8. The zero-order valence-electron chi connectivity index (χ0n) is 15.9. The number of likely N-dealkylation sites (tertiary alicyclic amines) is 1. The van der Waals surface area contributed by atoms with E-state index in [9.17, 15) is 9.59 Å². The van der Waals surface area contributed by atoms with Crippen molar-refractivity contribution in [2.45, 2.75) is 18.9 Å². The minimum atomic E-state index is -0.126. The maximum Gasteiger partial charge on any atom is 0.254 e. The predicted octanol–water partition coefficient (Wildman–Crippen LogP) is 3.39. The van der Waals surface area contributed by atoms with Crippen LogP contribution in [0, 0.1) is 0 Å². The molecule has 0 atom stereocenters. The number of hydrogen-bond acceptors (Lipinski definition) is 4. The van der Waals surface area contributed by atoms with Gasteiger partial charge in [-0.2, -0.15) is 0 Å². The summed E-state index contributed by atoms with van der Waals surface area (Å²) in [5.41, 5.74) is 1.10. The third-order valence-electron chi connectivity index (χ3n) is 4.82. The van der Waals surface area contributed by atoms with Crippen LogP contribution in [0.3, 0.4) is 0 Å². The van der Waals surface area contributed by atoms with E-state index in [2.05, 4.69) is 5.32 Å². The first-order valence-electron chi connectivity index (χ1n) is 9.09. The Morgan fingerprint density at radius 1 is 0.964 bits per heavy atom. The Morgan fingerprint density at radius 2 is 1.54 bits per heavy atom. The summed E-state index contributed by atoms with van der Waals surface area (Å²) in [4.78, 5) is 27.0. The molecular formula is C21H23ClN2O4. The first kappa shape index (κ1) is 20.0. The maximum atomic E-state index is 12.8. The number of ether oxygens (including phenoxy) is 2. The van der Waals surface area contributed by atoms with Crippen LogP contribution < -0.4 is 14.8 Å². The fourth-order valence-corrected chi connectivity index (χ4v) is 3.34. The lowest BCUT2D eigenvalue weighted by Gasteiger charge is -2.32. The van der Waals surface area contributed by atoms with Gasteiger partial charge in [0.15, 0.2) is 0 Å². The summed E-state index contributed by atoms with van der Waals surface area (Å²) in [7, 11) is 3.11. The predicted molar refractivity (Wildman–Crippen MR) is 107 cm³/mol. The van der Waals surface area contributed by atoms with E-state index in [0.29, 0.717) is 53.6 Å². The van der Waals surface area contributed by atoms with Crippen LogP contribution in [-0.4, -0.2) is 50.1 Å². The zero-order chi connectivity index (χ0) is 20.1. The number of nitrogens with zero attached hydrogens (tertiary/aromatic N) is 1. The molecule has 0 saturated carbocycles. The first-order chi connectivity index (χ1) is 13.5. The molecule has 7 heteroatoms. The number of rotatable bonds is 5. The van der Waals surface area contributed by atoms with Crippen molar-refractivity contribution < 1.29 is 19.1 Å². The molecule has 28 heavy (non-hydrogen) atoms.